The maximum absolute atomic E-state index is 12.5. The summed E-state index contributed by atoms with van der Waals surface area (Å²) in [5, 5.41) is 6.87. The molecule has 0 aliphatic carbocycles. The van der Waals surface area contributed by atoms with Crippen molar-refractivity contribution < 1.29 is 4.79 Å². The molecule has 0 aromatic heterocycles. The van der Waals surface area contributed by atoms with E-state index in [0.717, 1.165) is 12.8 Å². The molecule has 0 aromatic rings. The third-order valence-corrected chi connectivity index (χ3v) is 3.28. The smallest absolute Gasteiger partial charge is 0.255 e. The normalized spacial score (nSPS) is 28.9. The van der Waals surface area contributed by atoms with Gasteiger partial charge < -0.3 is 11.2 Å². The average molecular weight is 240 g/mol. The summed E-state index contributed by atoms with van der Waals surface area (Å²) in [5.41, 5.74) is -0.574. The highest BCUT2D eigenvalue weighted by molar-refractivity contribution is 6.08. The maximum atomic E-state index is 12.5. The van der Waals surface area contributed by atoms with E-state index in [1.54, 1.807) is 4.90 Å². The maximum Gasteiger partial charge on any atom is 0.255 e. The van der Waals surface area contributed by atoms with Crippen LogP contribution in [0.5, 0.6) is 0 Å². The van der Waals surface area contributed by atoms with Crippen molar-refractivity contribution in [3.05, 3.63) is 0 Å². The zero-order valence-electron chi connectivity index (χ0n) is 11.4. The third-order valence-electron chi connectivity index (χ3n) is 3.28. The zero-order chi connectivity index (χ0) is 13.2. The van der Waals surface area contributed by atoms with E-state index in [9.17, 15) is 4.79 Å². The minimum absolute atomic E-state index is 0.0738. The first-order valence-corrected chi connectivity index (χ1v) is 6.25. The minimum Gasteiger partial charge on any atom is -0.340 e. The average Bonchev–Trinajstić information content (AvgIpc) is 2.49. The Morgan fingerprint density at radius 1 is 1.47 bits per heavy atom. The number of nitrogens with two attached hydrogens (primary N) is 1. The van der Waals surface area contributed by atoms with E-state index < -0.39 is 5.54 Å². The SMILES string of the molecule is CCC(C)N1C(=O)C(C)(CC(C)C)NC1=NN. The third kappa shape index (κ3) is 2.53. The van der Waals surface area contributed by atoms with Crippen LogP contribution in [0.25, 0.3) is 0 Å². The Bertz CT molecular complexity index is 326. The molecule has 0 spiro atoms. The van der Waals surface area contributed by atoms with Gasteiger partial charge in [0.1, 0.15) is 5.54 Å². The monoisotopic (exact) mass is 240 g/mol. The lowest BCUT2D eigenvalue weighted by molar-refractivity contribution is -0.132. The van der Waals surface area contributed by atoms with E-state index in [1.807, 2.05) is 20.8 Å². The molecule has 0 radical (unpaired) electrons. The van der Waals surface area contributed by atoms with E-state index in [4.69, 9.17) is 5.84 Å². The lowest BCUT2D eigenvalue weighted by Crippen LogP contribution is -2.45. The van der Waals surface area contributed by atoms with Crippen LogP contribution < -0.4 is 11.2 Å². The largest absolute Gasteiger partial charge is 0.340 e. The molecule has 1 aliphatic rings. The van der Waals surface area contributed by atoms with E-state index in [0.29, 0.717) is 11.9 Å². The van der Waals surface area contributed by atoms with Crippen LogP contribution in [-0.4, -0.2) is 28.3 Å². The molecule has 1 aliphatic heterocycles. The molecule has 3 N–H and O–H groups in total. The van der Waals surface area contributed by atoms with Gasteiger partial charge in [-0.2, -0.15) is 0 Å². The van der Waals surface area contributed by atoms with Crippen LogP contribution in [-0.2, 0) is 4.79 Å². The Hall–Kier alpha value is -1.26. The second-order valence-corrected chi connectivity index (χ2v) is 5.44. The fraction of sp³-hybridized carbons (Fsp3) is 0.833. The van der Waals surface area contributed by atoms with E-state index in [-0.39, 0.29) is 11.9 Å². The lowest BCUT2D eigenvalue weighted by Gasteiger charge is -2.25. The second kappa shape index (κ2) is 4.94. The van der Waals surface area contributed by atoms with Crippen molar-refractivity contribution in [3.8, 4) is 0 Å². The summed E-state index contributed by atoms with van der Waals surface area (Å²) in [6.45, 7) is 10.2. The highest BCUT2D eigenvalue weighted by atomic mass is 16.2. The van der Waals surface area contributed by atoms with Gasteiger partial charge >= 0.3 is 0 Å². The van der Waals surface area contributed by atoms with E-state index in [2.05, 4.69) is 24.3 Å². The topological polar surface area (TPSA) is 70.7 Å². The fourth-order valence-electron chi connectivity index (χ4n) is 2.36. The quantitative estimate of drug-likeness (QED) is 0.574. The molecular weight excluding hydrogens is 216 g/mol. The summed E-state index contributed by atoms with van der Waals surface area (Å²) in [6, 6.07) is 0.117. The molecule has 2 unspecified atom stereocenters. The van der Waals surface area contributed by atoms with Crippen molar-refractivity contribution in [1.82, 2.24) is 10.2 Å². The van der Waals surface area contributed by atoms with Gasteiger partial charge in [-0.25, -0.2) is 0 Å². The van der Waals surface area contributed by atoms with Gasteiger partial charge in [-0.15, -0.1) is 5.10 Å². The summed E-state index contributed by atoms with van der Waals surface area (Å²) in [4.78, 5) is 14.1. The number of carbonyl (C=O) groups is 1. The Labute approximate surface area is 103 Å². The van der Waals surface area contributed by atoms with E-state index >= 15 is 0 Å². The predicted octanol–water partition coefficient (Wildman–Crippen LogP) is 1.25. The van der Waals surface area contributed by atoms with Crippen molar-refractivity contribution in [2.75, 3.05) is 0 Å². The predicted molar refractivity (Wildman–Crippen MR) is 69.2 cm³/mol. The van der Waals surface area contributed by atoms with Crippen molar-refractivity contribution >= 4 is 11.9 Å². The first-order valence-electron chi connectivity index (χ1n) is 6.25. The molecule has 17 heavy (non-hydrogen) atoms. The van der Waals surface area contributed by atoms with Crippen molar-refractivity contribution in [2.24, 2.45) is 16.9 Å². The van der Waals surface area contributed by atoms with Gasteiger partial charge in [0.05, 0.1) is 0 Å². The lowest BCUT2D eigenvalue weighted by atomic mass is 9.90. The van der Waals surface area contributed by atoms with Gasteiger partial charge in [-0.1, -0.05) is 20.8 Å². The second-order valence-electron chi connectivity index (χ2n) is 5.44. The molecule has 5 nitrogen and oxygen atoms in total. The number of hydrogen-bond acceptors (Lipinski definition) is 3. The zero-order valence-corrected chi connectivity index (χ0v) is 11.4. The Balaban J connectivity index is 2.99. The van der Waals surface area contributed by atoms with Gasteiger partial charge in [0.25, 0.3) is 5.91 Å². The number of guanidine groups is 1. The van der Waals surface area contributed by atoms with Crippen LogP contribution in [0.3, 0.4) is 0 Å². The van der Waals surface area contributed by atoms with Crippen LogP contribution in [0.1, 0.15) is 47.5 Å². The summed E-state index contributed by atoms with van der Waals surface area (Å²) >= 11 is 0. The van der Waals surface area contributed by atoms with Gasteiger partial charge in [0.15, 0.2) is 0 Å². The summed E-state index contributed by atoms with van der Waals surface area (Å²) in [7, 11) is 0. The first-order chi connectivity index (χ1) is 7.85. The molecule has 1 rings (SSSR count). The number of rotatable bonds is 4. The van der Waals surface area contributed by atoms with Crippen LogP contribution in [0, 0.1) is 5.92 Å². The number of amides is 1. The number of hydrazone groups is 1. The van der Waals surface area contributed by atoms with Crippen LogP contribution in [0.15, 0.2) is 5.10 Å². The molecule has 1 saturated heterocycles. The molecule has 1 heterocycles. The number of carbonyl (C=O) groups excluding carboxylic acids is 1. The number of nitrogens with zero attached hydrogens (tertiary/aromatic N) is 2. The highest BCUT2D eigenvalue weighted by Gasteiger charge is 2.47. The van der Waals surface area contributed by atoms with Crippen LogP contribution in [0.2, 0.25) is 0 Å². The number of hydrogen-bond donors (Lipinski definition) is 2. The van der Waals surface area contributed by atoms with Crippen LogP contribution in [0.4, 0.5) is 0 Å². The summed E-state index contributed by atoms with van der Waals surface area (Å²) < 4.78 is 0. The minimum atomic E-state index is -0.574. The van der Waals surface area contributed by atoms with Crippen molar-refractivity contribution in [1.29, 1.82) is 0 Å². The molecule has 2 atom stereocenters. The summed E-state index contributed by atoms with van der Waals surface area (Å²) in [5.74, 6) is 6.37. The van der Waals surface area contributed by atoms with Crippen molar-refractivity contribution in [3.63, 3.8) is 0 Å². The van der Waals surface area contributed by atoms with Gasteiger partial charge in [0, 0.05) is 6.04 Å². The van der Waals surface area contributed by atoms with E-state index in [1.165, 1.54) is 0 Å². The van der Waals surface area contributed by atoms with Crippen LogP contribution >= 0.6 is 0 Å². The molecule has 1 fully saturated rings. The standard InChI is InChI=1S/C12H24N4O/c1-6-9(4)16-10(17)12(5,7-8(2)3)14-11(16)15-13/h8-9H,6-7,13H2,1-5H3,(H,14,15). The number of nitrogens with one attached hydrogen (secondary N) is 1. The summed E-state index contributed by atoms with van der Waals surface area (Å²) in [6.07, 6.45) is 1.65. The van der Waals surface area contributed by atoms with Gasteiger partial charge in [0.2, 0.25) is 5.96 Å². The molecule has 0 aromatic carbocycles. The molecule has 0 bridgehead atoms. The van der Waals surface area contributed by atoms with Crippen molar-refractivity contribution in [2.45, 2.75) is 59.0 Å². The fourth-order valence-corrected chi connectivity index (χ4v) is 2.36. The Kier molecular flexibility index (Phi) is 4.01. The molecule has 98 valence electrons. The molecule has 1 amide bonds. The highest BCUT2D eigenvalue weighted by Crippen LogP contribution is 2.26. The Morgan fingerprint density at radius 3 is 2.47 bits per heavy atom. The van der Waals surface area contributed by atoms with Gasteiger partial charge in [-0.05, 0) is 32.6 Å². The molecule has 5 heteroatoms. The van der Waals surface area contributed by atoms with Gasteiger partial charge in [-0.3, -0.25) is 9.69 Å². The first kappa shape index (κ1) is 13.8. The Morgan fingerprint density at radius 2 is 2.06 bits per heavy atom. The molecular formula is C12H24N4O. The molecule has 0 saturated carbocycles.